The average molecular weight is 608 g/mol. The van der Waals surface area contributed by atoms with E-state index in [0.29, 0.717) is 0 Å². The second-order valence-corrected chi connectivity index (χ2v) is 8.27. The Morgan fingerprint density at radius 2 is 1.12 bits per heavy atom. The largest absolute Gasteiger partial charge is 1.00 e. The van der Waals surface area contributed by atoms with Crippen LogP contribution in [0, 0.1) is 0 Å². The van der Waals surface area contributed by atoms with E-state index in [-0.39, 0.29) is 29.6 Å². The summed E-state index contributed by atoms with van der Waals surface area (Å²) in [6.45, 7) is -2.80. The van der Waals surface area contributed by atoms with Crippen molar-refractivity contribution in [1.82, 2.24) is 0 Å². The maximum Gasteiger partial charge on any atom is 1.00 e. The fraction of sp³-hybridized carbons (Fsp3) is 0.947. The number of aliphatic hydroxyl groups is 14. The van der Waals surface area contributed by atoms with Crippen molar-refractivity contribution in [2.45, 2.75) is 85.8 Å². The van der Waals surface area contributed by atoms with Gasteiger partial charge in [-0.25, -0.2) is 0 Å². The summed E-state index contributed by atoms with van der Waals surface area (Å²) in [6.07, 6.45) is -24.0. The van der Waals surface area contributed by atoms with Crippen LogP contribution in [-0.4, -0.2) is 195 Å². The van der Waals surface area contributed by atoms with Crippen LogP contribution in [0.15, 0.2) is 0 Å². The van der Waals surface area contributed by atoms with Gasteiger partial charge in [0.25, 0.3) is 0 Å². The van der Waals surface area contributed by atoms with Crippen molar-refractivity contribution in [1.29, 1.82) is 0 Å². The fourth-order valence-corrected chi connectivity index (χ4v) is 3.24. The predicted molar refractivity (Wildman–Crippen MR) is 115 cm³/mol. The number of aliphatic hydroxyl groups excluding tert-OH is 14. The maximum atomic E-state index is 9.94. The third-order valence-corrected chi connectivity index (χ3v) is 5.49. The molecular formula is C19H37NaO20. The van der Waals surface area contributed by atoms with Crippen molar-refractivity contribution < 1.29 is 130 Å². The number of carboxylic acid groups (broad SMARTS) is 2. The summed E-state index contributed by atoms with van der Waals surface area (Å²) >= 11 is 0. The number of hydrogen-bond donors (Lipinski definition) is 15. The first-order chi connectivity index (χ1) is 18.1. The maximum absolute atomic E-state index is 9.94. The minimum absolute atomic E-state index is 0. The Bertz CT molecular complexity index is 656. The SMILES string of the molecule is O=C([O-])O.OC[C@@H](O)[C@@H](O)[C@H](O)[C@H](O)CO.OC[C@H]1O[C@@H](O[C@H]2[C@H](O)[C@@H](O)C(O)O[C@@H]2CO)[C@H](O)[C@@H](O)[C@H]1O.[Na+]. The molecule has 2 saturated heterocycles. The first kappa shape index (κ1) is 41.7. The third kappa shape index (κ3) is 12.4. The van der Waals surface area contributed by atoms with Gasteiger partial charge in [-0.1, -0.05) is 0 Å². The molecule has 0 bridgehead atoms. The molecule has 2 rings (SSSR count). The van der Waals surface area contributed by atoms with Crippen molar-refractivity contribution in [3.05, 3.63) is 0 Å². The van der Waals surface area contributed by atoms with E-state index < -0.39 is 118 Å². The molecule has 40 heavy (non-hydrogen) atoms. The zero-order valence-corrected chi connectivity index (χ0v) is 23.2. The molecule has 2 heterocycles. The molecule has 0 aromatic carbocycles. The number of hydrogen-bond acceptors (Lipinski definition) is 19. The number of ether oxygens (including phenoxy) is 3. The first-order valence-electron chi connectivity index (χ1n) is 11.2. The molecule has 2 aliphatic heterocycles. The number of carbonyl (C=O) groups is 1. The summed E-state index contributed by atoms with van der Waals surface area (Å²) in [5, 5.41) is 144. The summed E-state index contributed by atoms with van der Waals surface area (Å²) < 4.78 is 15.3. The Hall–Kier alpha value is -0.410. The quantitative estimate of drug-likeness (QED) is 0.108. The van der Waals surface area contributed by atoms with Crippen LogP contribution < -0.4 is 34.7 Å². The zero-order valence-electron chi connectivity index (χ0n) is 21.2. The van der Waals surface area contributed by atoms with E-state index in [1.807, 2.05) is 0 Å². The fourth-order valence-electron chi connectivity index (χ4n) is 3.24. The van der Waals surface area contributed by atoms with Crippen LogP contribution in [0.1, 0.15) is 0 Å². The molecule has 234 valence electrons. The summed E-state index contributed by atoms with van der Waals surface area (Å²) in [6, 6.07) is 0. The van der Waals surface area contributed by atoms with Gasteiger partial charge in [0, 0.05) is 0 Å². The summed E-state index contributed by atoms with van der Waals surface area (Å²) in [5.41, 5.74) is 0. The minimum atomic E-state index is -2.08. The van der Waals surface area contributed by atoms with E-state index in [0.717, 1.165) is 0 Å². The second kappa shape index (κ2) is 20.5. The van der Waals surface area contributed by atoms with Gasteiger partial charge in [0.15, 0.2) is 12.6 Å². The van der Waals surface area contributed by atoms with Gasteiger partial charge < -0.3 is 101 Å². The summed E-state index contributed by atoms with van der Waals surface area (Å²) in [4.78, 5) is 8.44. The van der Waals surface area contributed by atoms with Crippen LogP contribution in [-0.2, 0) is 14.2 Å². The van der Waals surface area contributed by atoms with Gasteiger partial charge in [0.05, 0.1) is 26.4 Å². The van der Waals surface area contributed by atoms with Crippen LogP contribution in [0.5, 0.6) is 0 Å². The van der Waals surface area contributed by atoms with Crippen molar-refractivity contribution in [3.63, 3.8) is 0 Å². The Morgan fingerprint density at radius 1 is 0.700 bits per heavy atom. The van der Waals surface area contributed by atoms with E-state index in [2.05, 4.69) is 0 Å². The molecule has 0 aromatic heterocycles. The zero-order chi connectivity index (χ0) is 30.6. The molecule has 14 atom stereocenters. The Labute approximate surface area is 248 Å². The Morgan fingerprint density at radius 3 is 1.50 bits per heavy atom. The third-order valence-electron chi connectivity index (χ3n) is 5.49. The molecule has 15 N–H and O–H groups in total. The average Bonchev–Trinajstić information content (AvgIpc) is 2.91. The van der Waals surface area contributed by atoms with Crippen LogP contribution in [0.25, 0.3) is 0 Å². The van der Waals surface area contributed by atoms with Gasteiger partial charge in [-0.15, -0.1) is 0 Å². The first-order valence-corrected chi connectivity index (χ1v) is 11.2. The van der Waals surface area contributed by atoms with Crippen molar-refractivity contribution in [3.8, 4) is 0 Å². The summed E-state index contributed by atoms with van der Waals surface area (Å²) in [7, 11) is 0. The van der Waals surface area contributed by atoms with Gasteiger partial charge in [-0.05, 0) is 0 Å². The molecule has 2 fully saturated rings. The van der Waals surface area contributed by atoms with E-state index >= 15 is 0 Å². The Kier molecular flexibility index (Phi) is 21.4. The molecule has 0 saturated carbocycles. The monoisotopic (exact) mass is 608 g/mol. The van der Waals surface area contributed by atoms with Crippen LogP contribution in [0.2, 0.25) is 0 Å². The number of rotatable bonds is 9. The van der Waals surface area contributed by atoms with Crippen molar-refractivity contribution in [2.24, 2.45) is 0 Å². The smallest absolute Gasteiger partial charge is 0.565 e. The normalized spacial score (nSPS) is 36.8. The van der Waals surface area contributed by atoms with Gasteiger partial charge in [0.2, 0.25) is 6.16 Å². The molecule has 2 aliphatic rings. The summed E-state index contributed by atoms with van der Waals surface area (Å²) in [5.74, 6) is 0. The molecule has 0 spiro atoms. The van der Waals surface area contributed by atoms with Gasteiger partial charge in [0.1, 0.15) is 73.2 Å². The molecule has 20 nitrogen and oxygen atoms in total. The van der Waals surface area contributed by atoms with E-state index in [1.165, 1.54) is 0 Å². The van der Waals surface area contributed by atoms with Gasteiger partial charge in [-0.2, -0.15) is 0 Å². The van der Waals surface area contributed by atoms with Gasteiger partial charge >= 0.3 is 29.6 Å². The standard InChI is InChI=1S/C12H22O11.C6H14O6.CH2O3.Na/c13-1-3-5(15)6(16)9(19)12(22-3)23-10-4(2-14)21-11(20)8(18)7(10)17;7-1-3(9)5(11)6(12)4(10)2-8;2-1(3)4;/h3-20H,1-2H2;3-12H,1-2H2;(H2,2,3,4);/q;;;+1/p-1/t3-,4-,5+,6+,7-,8-,9-,10-,11?,12+;3-,4-,5-,6-;;/m11../s1. The van der Waals surface area contributed by atoms with Gasteiger partial charge in [-0.3, -0.25) is 0 Å². The van der Waals surface area contributed by atoms with E-state index in [9.17, 15) is 35.7 Å². The van der Waals surface area contributed by atoms with Crippen molar-refractivity contribution >= 4 is 6.16 Å². The Balaban J connectivity index is 0. The van der Waals surface area contributed by atoms with E-state index in [4.69, 9.17) is 65.0 Å². The topological polar surface area (TPSA) is 371 Å². The molecule has 0 radical (unpaired) electrons. The molecule has 1 unspecified atom stereocenters. The van der Waals surface area contributed by atoms with Crippen LogP contribution in [0.3, 0.4) is 0 Å². The van der Waals surface area contributed by atoms with Crippen LogP contribution in [0.4, 0.5) is 4.79 Å². The van der Waals surface area contributed by atoms with Crippen LogP contribution >= 0.6 is 0 Å². The molecule has 0 aromatic rings. The predicted octanol–water partition coefficient (Wildman–Crippen LogP) is -13.1. The molecule has 21 heteroatoms. The minimum Gasteiger partial charge on any atom is -0.565 e. The van der Waals surface area contributed by atoms with E-state index in [1.54, 1.807) is 0 Å². The molecular weight excluding hydrogens is 571 g/mol. The van der Waals surface area contributed by atoms with Crippen molar-refractivity contribution in [2.75, 3.05) is 26.4 Å². The molecule has 0 aliphatic carbocycles. The second-order valence-electron chi connectivity index (χ2n) is 8.27. The molecule has 0 amide bonds.